The molecule has 8 nitrogen and oxygen atoms in total. The Kier molecular flexibility index (Phi) is 9.98. The van der Waals surface area contributed by atoms with Crippen molar-refractivity contribution in [1.29, 1.82) is 0 Å². The number of hydrogen-bond acceptors (Lipinski definition) is 5. The van der Waals surface area contributed by atoms with E-state index in [2.05, 4.69) is 10.5 Å². The van der Waals surface area contributed by atoms with Gasteiger partial charge in [-0.05, 0) is 66.3 Å². The molecule has 0 fully saturated rings. The minimum absolute atomic E-state index is 0.104. The number of nitrogens with zero attached hydrogens (tertiary/aromatic N) is 2. The van der Waals surface area contributed by atoms with Crippen molar-refractivity contribution in [2.24, 2.45) is 5.18 Å². The number of hydrogen-bond donors (Lipinski definition) is 3. The molecule has 0 unspecified atom stereocenters. The molecule has 0 radical (unpaired) electrons. The molecule has 4 aromatic rings. The number of aromatic nitrogens is 1. The molecule has 42 heavy (non-hydrogen) atoms. The molecule has 1 aromatic heterocycles. The summed E-state index contributed by atoms with van der Waals surface area (Å²) in [5.74, 6) is -2.00. The molecule has 0 spiro atoms. The first kappa shape index (κ1) is 30.3. The summed E-state index contributed by atoms with van der Waals surface area (Å²) in [5, 5.41) is 25.8. The van der Waals surface area contributed by atoms with E-state index in [4.69, 9.17) is 5.11 Å². The van der Waals surface area contributed by atoms with Gasteiger partial charge in [-0.2, -0.15) is 4.91 Å². The lowest BCUT2D eigenvalue weighted by molar-refractivity contribution is -0.137. The van der Waals surface area contributed by atoms with E-state index < -0.39 is 30.4 Å². The van der Waals surface area contributed by atoms with Crippen LogP contribution in [0.1, 0.15) is 55.1 Å². The van der Waals surface area contributed by atoms with Crippen LogP contribution in [0.5, 0.6) is 0 Å². The molecule has 0 aliphatic heterocycles. The standard InChI is InChI=1S/C33H34FN3O5/c1-21(2)31-30(33(41)35-25-11-7-4-8-12-25)29(22-9-5-3-6-10-22)32(23-13-15-24(34)16-14-23)37(31)18-17-27(38)19-26(36-42)20-28(39)40/h3-16,21,26-27,38H,17-20H2,1-2H3,(H,35,41)(H,39,40)/t26-,27-/m1/s1. The van der Waals surface area contributed by atoms with Crippen molar-refractivity contribution < 1.29 is 24.2 Å². The monoisotopic (exact) mass is 571 g/mol. The van der Waals surface area contributed by atoms with Gasteiger partial charge in [0.25, 0.3) is 5.91 Å². The highest BCUT2D eigenvalue weighted by Gasteiger charge is 2.31. The highest BCUT2D eigenvalue weighted by atomic mass is 19.1. The van der Waals surface area contributed by atoms with E-state index in [0.29, 0.717) is 28.1 Å². The van der Waals surface area contributed by atoms with Crippen LogP contribution in [0, 0.1) is 10.7 Å². The number of para-hydroxylation sites is 1. The lowest BCUT2D eigenvalue weighted by Gasteiger charge is -2.20. The van der Waals surface area contributed by atoms with Gasteiger partial charge in [0.1, 0.15) is 11.9 Å². The summed E-state index contributed by atoms with van der Waals surface area (Å²) in [6, 6.07) is 23.6. The summed E-state index contributed by atoms with van der Waals surface area (Å²) >= 11 is 0. The maximum absolute atomic E-state index is 14.1. The van der Waals surface area contributed by atoms with Crippen LogP contribution in [-0.2, 0) is 11.3 Å². The van der Waals surface area contributed by atoms with Gasteiger partial charge in [-0.1, -0.05) is 67.6 Å². The molecule has 4 rings (SSSR count). The first-order chi connectivity index (χ1) is 20.2. The number of carboxylic acids is 1. The van der Waals surface area contributed by atoms with Crippen molar-refractivity contribution in [3.05, 3.63) is 107 Å². The van der Waals surface area contributed by atoms with Gasteiger partial charge in [-0.25, -0.2) is 4.39 Å². The van der Waals surface area contributed by atoms with E-state index in [-0.39, 0.29) is 31.2 Å². The van der Waals surface area contributed by atoms with E-state index in [9.17, 15) is 24.0 Å². The minimum Gasteiger partial charge on any atom is -0.481 e. The Labute approximate surface area is 243 Å². The second-order valence-electron chi connectivity index (χ2n) is 10.5. The van der Waals surface area contributed by atoms with E-state index in [1.54, 1.807) is 24.3 Å². The van der Waals surface area contributed by atoms with Crippen LogP contribution < -0.4 is 5.32 Å². The van der Waals surface area contributed by atoms with Gasteiger partial charge in [-0.3, -0.25) is 9.59 Å². The van der Waals surface area contributed by atoms with Crippen LogP contribution in [-0.4, -0.2) is 38.8 Å². The molecule has 0 aliphatic rings. The summed E-state index contributed by atoms with van der Waals surface area (Å²) in [6.07, 6.45) is -1.42. The van der Waals surface area contributed by atoms with Crippen molar-refractivity contribution in [3.8, 4) is 22.4 Å². The van der Waals surface area contributed by atoms with Crippen molar-refractivity contribution in [3.63, 3.8) is 0 Å². The number of amides is 1. The molecule has 3 aromatic carbocycles. The molecular weight excluding hydrogens is 537 g/mol. The van der Waals surface area contributed by atoms with E-state index in [0.717, 1.165) is 11.3 Å². The number of carbonyl (C=O) groups excluding carboxylic acids is 1. The molecule has 218 valence electrons. The summed E-state index contributed by atoms with van der Waals surface area (Å²) < 4.78 is 16.0. The summed E-state index contributed by atoms with van der Waals surface area (Å²) in [7, 11) is 0. The largest absolute Gasteiger partial charge is 0.481 e. The van der Waals surface area contributed by atoms with Crippen molar-refractivity contribution in [1.82, 2.24) is 4.57 Å². The fourth-order valence-electron chi connectivity index (χ4n) is 5.28. The van der Waals surface area contributed by atoms with Crippen LogP contribution >= 0.6 is 0 Å². The molecule has 1 amide bonds. The van der Waals surface area contributed by atoms with Crippen molar-refractivity contribution >= 4 is 17.6 Å². The van der Waals surface area contributed by atoms with Crippen LogP contribution in [0.15, 0.2) is 90.1 Å². The van der Waals surface area contributed by atoms with Gasteiger partial charge in [0, 0.05) is 23.5 Å². The number of halogens is 1. The van der Waals surface area contributed by atoms with Gasteiger partial charge in [0.15, 0.2) is 0 Å². The number of carboxylic acid groups (broad SMARTS) is 1. The lowest BCUT2D eigenvalue weighted by Crippen LogP contribution is -2.21. The van der Waals surface area contributed by atoms with Gasteiger partial charge < -0.3 is 20.1 Å². The normalized spacial score (nSPS) is 12.6. The Bertz CT molecular complexity index is 1520. The topological polar surface area (TPSA) is 121 Å². The second-order valence-corrected chi connectivity index (χ2v) is 10.5. The predicted molar refractivity (Wildman–Crippen MR) is 161 cm³/mol. The average molecular weight is 572 g/mol. The quantitative estimate of drug-likeness (QED) is 0.148. The summed E-state index contributed by atoms with van der Waals surface area (Å²) in [5.41, 5.74) is 4.66. The third kappa shape index (κ3) is 7.16. The molecule has 0 bridgehead atoms. The zero-order chi connectivity index (χ0) is 30.2. The predicted octanol–water partition coefficient (Wildman–Crippen LogP) is 7.09. The number of carbonyl (C=O) groups is 2. The molecule has 0 saturated heterocycles. The van der Waals surface area contributed by atoms with E-state index >= 15 is 0 Å². The third-order valence-corrected chi connectivity index (χ3v) is 7.08. The molecule has 3 N–H and O–H groups in total. The molecule has 0 saturated carbocycles. The minimum atomic E-state index is -1.17. The number of nitrogens with one attached hydrogen (secondary N) is 1. The van der Waals surface area contributed by atoms with Gasteiger partial charge in [-0.15, -0.1) is 0 Å². The van der Waals surface area contributed by atoms with Crippen LogP contribution in [0.3, 0.4) is 0 Å². The molecular formula is C33H34FN3O5. The first-order valence-corrected chi connectivity index (χ1v) is 13.9. The Morgan fingerprint density at radius 3 is 2.12 bits per heavy atom. The number of aliphatic hydroxyl groups is 1. The Morgan fingerprint density at radius 2 is 1.55 bits per heavy atom. The average Bonchev–Trinajstić information content (AvgIpc) is 3.32. The zero-order valence-electron chi connectivity index (χ0n) is 23.5. The smallest absolute Gasteiger partial charge is 0.305 e. The first-order valence-electron chi connectivity index (χ1n) is 13.9. The highest BCUT2D eigenvalue weighted by molar-refractivity contribution is 6.12. The van der Waals surface area contributed by atoms with Crippen LogP contribution in [0.2, 0.25) is 0 Å². The lowest BCUT2D eigenvalue weighted by atomic mass is 9.94. The maximum atomic E-state index is 14.1. The fraction of sp³-hybridized carbons (Fsp3) is 0.273. The number of rotatable bonds is 13. The Hall–Kier alpha value is -4.63. The summed E-state index contributed by atoms with van der Waals surface area (Å²) in [6.45, 7) is 4.20. The number of aliphatic hydroxyl groups excluding tert-OH is 1. The van der Waals surface area contributed by atoms with Crippen molar-refractivity contribution in [2.75, 3.05) is 5.32 Å². The molecule has 2 atom stereocenters. The molecule has 9 heteroatoms. The number of benzene rings is 3. The van der Waals surface area contributed by atoms with E-state index in [1.807, 2.05) is 66.9 Å². The van der Waals surface area contributed by atoms with Gasteiger partial charge >= 0.3 is 5.97 Å². The molecule has 1 heterocycles. The Morgan fingerprint density at radius 1 is 0.929 bits per heavy atom. The Balaban J connectivity index is 1.89. The number of nitroso groups, excluding NO2 is 1. The third-order valence-electron chi connectivity index (χ3n) is 7.08. The van der Waals surface area contributed by atoms with E-state index in [1.165, 1.54) is 12.1 Å². The maximum Gasteiger partial charge on any atom is 0.305 e. The van der Waals surface area contributed by atoms with Crippen molar-refractivity contribution in [2.45, 2.75) is 57.7 Å². The second kappa shape index (κ2) is 13.8. The number of aliphatic carboxylic acids is 1. The summed E-state index contributed by atoms with van der Waals surface area (Å²) in [4.78, 5) is 36.4. The fourth-order valence-corrected chi connectivity index (χ4v) is 5.28. The zero-order valence-corrected chi connectivity index (χ0v) is 23.5. The SMILES string of the molecule is CC(C)c1c(C(=O)Nc2ccccc2)c(-c2ccccc2)c(-c2ccc(F)cc2)n1CC[C@@H](O)C[C@H](CC(=O)O)N=O. The van der Waals surface area contributed by atoms with Crippen LogP contribution in [0.4, 0.5) is 10.1 Å². The highest BCUT2D eigenvalue weighted by Crippen LogP contribution is 2.42. The van der Waals surface area contributed by atoms with Gasteiger partial charge in [0.05, 0.1) is 23.8 Å². The molecule has 0 aliphatic carbocycles. The van der Waals surface area contributed by atoms with Gasteiger partial charge in [0.2, 0.25) is 0 Å². The number of anilines is 1. The van der Waals surface area contributed by atoms with Crippen LogP contribution in [0.25, 0.3) is 22.4 Å².